The van der Waals surface area contributed by atoms with E-state index in [1.807, 2.05) is 6.20 Å². The van der Waals surface area contributed by atoms with Crippen molar-refractivity contribution in [3.8, 4) is 5.75 Å². The van der Waals surface area contributed by atoms with Crippen molar-refractivity contribution in [2.45, 2.75) is 58.2 Å². The summed E-state index contributed by atoms with van der Waals surface area (Å²) in [6.45, 7) is 5.39. The average Bonchev–Trinajstić information content (AvgIpc) is 2.72. The van der Waals surface area contributed by atoms with Gasteiger partial charge < -0.3 is 10.1 Å². The summed E-state index contributed by atoms with van der Waals surface area (Å²) in [7, 11) is 1.73. The first kappa shape index (κ1) is 12.4. The summed E-state index contributed by atoms with van der Waals surface area (Å²) in [4.78, 5) is 0. The lowest BCUT2D eigenvalue weighted by molar-refractivity contribution is 0.313. The molecule has 0 saturated carbocycles. The number of nitrogens with one attached hydrogen (secondary N) is 1. The molecule has 4 heteroatoms. The van der Waals surface area contributed by atoms with Crippen LogP contribution in [0.5, 0.6) is 5.75 Å². The standard InChI is InChI=1S/C13H23N3O/c1-4-8-16-13(12(17-3)9-14-16)11-7-5-6-10(2)15-11/h9-11,15H,4-8H2,1-3H3. The summed E-state index contributed by atoms with van der Waals surface area (Å²) < 4.78 is 7.53. The Morgan fingerprint density at radius 1 is 1.53 bits per heavy atom. The first-order valence-electron chi connectivity index (χ1n) is 6.62. The van der Waals surface area contributed by atoms with E-state index in [-0.39, 0.29) is 0 Å². The van der Waals surface area contributed by atoms with Gasteiger partial charge in [0.2, 0.25) is 0 Å². The first-order chi connectivity index (χ1) is 8.26. The van der Waals surface area contributed by atoms with E-state index in [1.165, 1.54) is 25.0 Å². The Bertz CT molecular complexity index is 362. The number of ether oxygens (including phenoxy) is 1. The third kappa shape index (κ3) is 2.63. The van der Waals surface area contributed by atoms with E-state index in [2.05, 4.69) is 28.9 Å². The fourth-order valence-corrected chi connectivity index (χ4v) is 2.63. The number of nitrogens with zero attached hydrogens (tertiary/aromatic N) is 2. The molecule has 1 aliphatic heterocycles. The predicted octanol–water partition coefficient (Wildman–Crippen LogP) is 2.50. The van der Waals surface area contributed by atoms with Gasteiger partial charge in [-0.15, -0.1) is 0 Å². The highest BCUT2D eigenvalue weighted by atomic mass is 16.5. The van der Waals surface area contributed by atoms with Crippen molar-refractivity contribution < 1.29 is 4.74 Å². The van der Waals surface area contributed by atoms with Crippen LogP contribution in [-0.4, -0.2) is 22.9 Å². The summed E-state index contributed by atoms with van der Waals surface area (Å²) in [5.41, 5.74) is 1.22. The smallest absolute Gasteiger partial charge is 0.161 e. The van der Waals surface area contributed by atoms with E-state index in [0.29, 0.717) is 12.1 Å². The molecule has 1 aromatic rings. The Hall–Kier alpha value is -1.03. The normalized spacial score (nSPS) is 24.9. The summed E-state index contributed by atoms with van der Waals surface area (Å²) in [6.07, 6.45) is 6.65. The molecule has 0 bridgehead atoms. The summed E-state index contributed by atoms with van der Waals surface area (Å²) in [5, 5.41) is 8.08. The van der Waals surface area contributed by atoms with Gasteiger partial charge in [0, 0.05) is 12.6 Å². The van der Waals surface area contributed by atoms with Gasteiger partial charge in [0.25, 0.3) is 0 Å². The van der Waals surface area contributed by atoms with E-state index >= 15 is 0 Å². The van der Waals surface area contributed by atoms with Crippen LogP contribution in [0.4, 0.5) is 0 Å². The second kappa shape index (κ2) is 5.54. The lowest BCUT2D eigenvalue weighted by Crippen LogP contribution is -2.36. The van der Waals surface area contributed by atoms with Gasteiger partial charge in [-0.3, -0.25) is 4.68 Å². The molecule has 2 atom stereocenters. The molecule has 0 radical (unpaired) electrons. The van der Waals surface area contributed by atoms with Gasteiger partial charge in [0.1, 0.15) is 0 Å². The molecule has 0 amide bonds. The Morgan fingerprint density at radius 3 is 3.00 bits per heavy atom. The number of aromatic nitrogens is 2. The van der Waals surface area contributed by atoms with Crippen LogP contribution in [0.15, 0.2) is 6.20 Å². The van der Waals surface area contributed by atoms with Crippen molar-refractivity contribution in [3.63, 3.8) is 0 Å². The van der Waals surface area contributed by atoms with Crippen molar-refractivity contribution in [3.05, 3.63) is 11.9 Å². The predicted molar refractivity (Wildman–Crippen MR) is 68.3 cm³/mol. The van der Waals surface area contributed by atoms with Gasteiger partial charge in [-0.05, 0) is 32.6 Å². The number of piperidine rings is 1. The molecular weight excluding hydrogens is 214 g/mol. The molecule has 2 rings (SSSR count). The molecule has 1 aromatic heterocycles. The molecule has 1 saturated heterocycles. The van der Waals surface area contributed by atoms with Crippen molar-refractivity contribution in [2.75, 3.05) is 7.11 Å². The maximum atomic E-state index is 5.44. The Kier molecular flexibility index (Phi) is 4.05. The molecule has 17 heavy (non-hydrogen) atoms. The fraction of sp³-hybridized carbons (Fsp3) is 0.769. The summed E-state index contributed by atoms with van der Waals surface area (Å²) in [6, 6.07) is 0.978. The molecule has 1 N–H and O–H groups in total. The van der Waals surface area contributed by atoms with E-state index in [1.54, 1.807) is 7.11 Å². The van der Waals surface area contributed by atoms with E-state index in [4.69, 9.17) is 4.74 Å². The van der Waals surface area contributed by atoms with Gasteiger partial charge >= 0.3 is 0 Å². The maximum absolute atomic E-state index is 5.44. The Morgan fingerprint density at radius 2 is 2.35 bits per heavy atom. The van der Waals surface area contributed by atoms with Gasteiger partial charge in [0.05, 0.1) is 25.0 Å². The summed E-state index contributed by atoms with van der Waals surface area (Å²) in [5.74, 6) is 0.921. The van der Waals surface area contributed by atoms with Crippen LogP contribution in [0.1, 0.15) is 51.3 Å². The largest absolute Gasteiger partial charge is 0.493 e. The van der Waals surface area contributed by atoms with Crippen LogP contribution >= 0.6 is 0 Å². The third-order valence-corrected chi connectivity index (χ3v) is 3.45. The average molecular weight is 237 g/mol. The lowest BCUT2D eigenvalue weighted by Gasteiger charge is -2.29. The quantitative estimate of drug-likeness (QED) is 0.874. The van der Waals surface area contributed by atoms with Crippen LogP contribution in [0.2, 0.25) is 0 Å². The van der Waals surface area contributed by atoms with Crippen LogP contribution < -0.4 is 10.1 Å². The van der Waals surface area contributed by atoms with Crippen LogP contribution in [0, 0.1) is 0 Å². The number of aryl methyl sites for hydroxylation is 1. The minimum absolute atomic E-state index is 0.391. The first-order valence-corrected chi connectivity index (χ1v) is 6.62. The number of methoxy groups -OCH3 is 1. The second-order valence-corrected chi connectivity index (χ2v) is 4.87. The molecule has 2 unspecified atom stereocenters. The molecule has 2 heterocycles. The highest BCUT2D eigenvalue weighted by Crippen LogP contribution is 2.31. The number of hydrogen-bond donors (Lipinski definition) is 1. The van der Waals surface area contributed by atoms with Crippen molar-refractivity contribution in [2.24, 2.45) is 0 Å². The molecule has 1 fully saturated rings. The SMILES string of the molecule is CCCn1ncc(OC)c1C1CCCC(C)N1. The minimum Gasteiger partial charge on any atom is -0.493 e. The lowest BCUT2D eigenvalue weighted by atomic mass is 9.97. The van der Waals surface area contributed by atoms with Gasteiger partial charge in [-0.2, -0.15) is 5.10 Å². The third-order valence-electron chi connectivity index (χ3n) is 3.45. The van der Waals surface area contributed by atoms with Crippen LogP contribution in [0.25, 0.3) is 0 Å². The van der Waals surface area contributed by atoms with Gasteiger partial charge in [-0.25, -0.2) is 0 Å². The zero-order chi connectivity index (χ0) is 12.3. The van der Waals surface area contributed by atoms with Crippen molar-refractivity contribution in [1.29, 1.82) is 0 Å². The molecular formula is C13H23N3O. The number of hydrogen-bond acceptors (Lipinski definition) is 3. The maximum Gasteiger partial charge on any atom is 0.161 e. The zero-order valence-electron chi connectivity index (χ0n) is 11.1. The van der Waals surface area contributed by atoms with Gasteiger partial charge in [-0.1, -0.05) is 6.92 Å². The summed E-state index contributed by atoms with van der Waals surface area (Å²) >= 11 is 0. The Labute approximate surface area is 103 Å². The molecule has 0 spiro atoms. The second-order valence-electron chi connectivity index (χ2n) is 4.87. The van der Waals surface area contributed by atoms with Crippen molar-refractivity contribution in [1.82, 2.24) is 15.1 Å². The van der Waals surface area contributed by atoms with Crippen LogP contribution in [-0.2, 0) is 6.54 Å². The molecule has 1 aliphatic rings. The number of rotatable bonds is 4. The molecule has 0 aliphatic carbocycles. The highest BCUT2D eigenvalue weighted by Gasteiger charge is 2.25. The van der Waals surface area contributed by atoms with Crippen molar-refractivity contribution >= 4 is 0 Å². The van der Waals surface area contributed by atoms with Crippen LogP contribution in [0.3, 0.4) is 0 Å². The Balaban J connectivity index is 2.24. The monoisotopic (exact) mass is 237 g/mol. The highest BCUT2D eigenvalue weighted by molar-refractivity contribution is 5.28. The minimum atomic E-state index is 0.391. The fourth-order valence-electron chi connectivity index (χ4n) is 2.63. The van der Waals surface area contributed by atoms with Gasteiger partial charge in [0.15, 0.2) is 5.75 Å². The molecule has 4 nitrogen and oxygen atoms in total. The topological polar surface area (TPSA) is 39.1 Å². The molecule has 96 valence electrons. The van der Waals surface area contributed by atoms with E-state index < -0.39 is 0 Å². The van der Waals surface area contributed by atoms with E-state index in [9.17, 15) is 0 Å². The zero-order valence-corrected chi connectivity index (χ0v) is 11.1. The molecule has 0 aromatic carbocycles. The van der Waals surface area contributed by atoms with E-state index in [0.717, 1.165) is 18.7 Å².